The summed E-state index contributed by atoms with van der Waals surface area (Å²) >= 11 is 0. The number of fused-ring (bicyclic) bond motifs is 2. The first-order valence-corrected chi connectivity index (χ1v) is 9.71. The van der Waals surface area contributed by atoms with Gasteiger partial charge in [-0.05, 0) is 56.3 Å². The van der Waals surface area contributed by atoms with Crippen molar-refractivity contribution in [1.82, 2.24) is 10.2 Å². The Hall–Kier alpha value is -2.32. The Bertz CT molecular complexity index is 723. The number of nitrogens with one attached hydrogen (secondary N) is 1. The van der Waals surface area contributed by atoms with Gasteiger partial charge in [0.2, 0.25) is 0 Å². The van der Waals surface area contributed by atoms with Gasteiger partial charge in [-0.3, -0.25) is 4.79 Å². The van der Waals surface area contributed by atoms with Crippen LogP contribution in [0.4, 0.5) is 4.79 Å². The van der Waals surface area contributed by atoms with Crippen molar-refractivity contribution in [1.29, 1.82) is 0 Å². The molecule has 1 heterocycles. The summed E-state index contributed by atoms with van der Waals surface area (Å²) in [6.07, 6.45) is 3.35. The van der Waals surface area contributed by atoms with Crippen LogP contribution < -0.4 is 14.8 Å². The predicted octanol–water partition coefficient (Wildman–Crippen LogP) is 2.04. The van der Waals surface area contributed by atoms with Crippen LogP contribution in [0.5, 0.6) is 11.5 Å². The molecule has 0 saturated carbocycles. The number of likely N-dealkylation sites (tertiary alicyclic amines) is 1. The van der Waals surface area contributed by atoms with Crippen molar-refractivity contribution in [3.05, 3.63) is 23.3 Å². The largest absolute Gasteiger partial charge is 0.480 e. The first kappa shape index (κ1) is 20.4. The summed E-state index contributed by atoms with van der Waals surface area (Å²) in [5.41, 5.74) is 2.26. The van der Waals surface area contributed by atoms with Crippen LogP contribution in [0.2, 0.25) is 0 Å². The molecule has 8 heteroatoms. The number of nitrogens with zero attached hydrogens (tertiary/aromatic N) is 1. The second kappa shape index (κ2) is 9.25. The zero-order chi connectivity index (χ0) is 20.1. The zero-order valence-electron chi connectivity index (χ0n) is 16.4. The number of carbonyl (C=O) groups excluding carboxylic acids is 1. The summed E-state index contributed by atoms with van der Waals surface area (Å²) in [6.45, 7) is 3.94. The van der Waals surface area contributed by atoms with E-state index >= 15 is 0 Å². The van der Waals surface area contributed by atoms with Crippen molar-refractivity contribution in [2.24, 2.45) is 5.92 Å². The molecule has 1 aromatic carbocycles. The molecule has 1 saturated heterocycles. The maximum absolute atomic E-state index is 11.9. The lowest BCUT2D eigenvalue weighted by molar-refractivity contribution is -0.135. The molecule has 0 unspecified atom stereocenters. The maximum Gasteiger partial charge on any atom is 0.413 e. The third-order valence-corrected chi connectivity index (χ3v) is 5.56. The highest BCUT2D eigenvalue weighted by atomic mass is 16.7. The first-order chi connectivity index (χ1) is 13.5. The number of rotatable bonds is 7. The normalized spacial score (nSPS) is 21.4. The van der Waals surface area contributed by atoms with Gasteiger partial charge in [-0.2, -0.15) is 0 Å². The number of piperidine rings is 1. The number of carboxylic acid groups (broad SMARTS) is 1. The third-order valence-electron chi connectivity index (χ3n) is 5.56. The van der Waals surface area contributed by atoms with Gasteiger partial charge in [0.25, 0.3) is 0 Å². The quantitative estimate of drug-likeness (QED) is 0.685. The van der Waals surface area contributed by atoms with E-state index in [9.17, 15) is 9.59 Å². The molecule has 1 aromatic rings. The number of methoxy groups -OCH3 is 1. The summed E-state index contributed by atoms with van der Waals surface area (Å²) in [6, 6.07) is 4.23. The fraction of sp³-hybridized carbons (Fsp3) is 0.600. The van der Waals surface area contributed by atoms with Gasteiger partial charge in [0, 0.05) is 18.7 Å². The van der Waals surface area contributed by atoms with Crippen LogP contribution in [0.15, 0.2) is 12.1 Å². The lowest BCUT2D eigenvalue weighted by Gasteiger charge is -2.44. The lowest BCUT2D eigenvalue weighted by Crippen LogP contribution is -2.49. The number of carboxylic acids is 1. The molecule has 3 rings (SSSR count). The molecule has 1 amide bonds. The van der Waals surface area contributed by atoms with Crippen molar-refractivity contribution in [3.63, 3.8) is 0 Å². The van der Waals surface area contributed by atoms with Crippen LogP contribution in [0.1, 0.15) is 30.9 Å². The topological polar surface area (TPSA) is 97.3 Å². The van der Waals surface area contributed by atoms with Gasteiger partial charge in [0.15, 0.2) is 18.3 Å². The van der Waals surface area contributed by atoms with Gasteiger partial charge in [-0.15, -0.1) is 0 Å². The van der Waals surface area contributed by atoms with Crippen molar-refractivity contribution in [2.75, 3.05) is 33.5 Å². The number of benzene rings is 1. The summed E-state index contributed by atoms with van der Waals surface area (Å²) in [4.78, 5) is 25.1. The Morgan fingerprint density at radius 3 is 2.86 bits per heavy atom. The van der Waals surface area contributed by atoms with Crippen molar-refractivity contribution < 1.29 is 28.9 Å². The molecule has 0 aromatic heterocycles. The molecule has 1 aliphatic carbocycles. The van der Waals surface area contributed by atoms with Crippen LogP contribution in [0.25, 0.3) is 0 Å². The number of likely N-dealkylation sites (N-methyl/N-ethyl adjacent to an activating group) is 1. The van der Waals surface area contributed by atoms with Crippen LogP contribution in [0.3, 0.4) is 0 Å². The number of hydrogen-bond acceptors (Lipinski definition) is 6. The van der Waals surface area contributed by atoms with Crippen molar-refractivity contribution in [3.8, 4) is 11.5 Å². The standard InChI is InChI=1S/C20H28N2O6/c1-3-22-8-4-5-14-9-15-13(10-16(14)22)6-7-17(19(15)27-12-26-2)28-20(25)21-11-18(23)24/h6-7,14,16H,3-5,8-12H2,1-2H3,(H,21,25)(H,23,24)/t14-,16-/m1/s1. The average Bonchev–Trinajstić information content (AvgIpc) is 2.69. The Labute approximate surface area is 164 Å². The van der Waals surface area contributed by atoms with Crippen molar-refractivity contribution >= 4 is 12.1 Å². The zero-order valence-corrected chi connectivity index (χ0v) is 16.4. The molecule has 8 nitrogen and oxygen atoms in total. The van der Waals surface area contributed by atoms with Gasteiger partial charge < -0.3 is 29.5 Å². The number of aliphatic carboxylic acids is 1. The minimum atomic E-state index is -1.14. The molecule has 2 N–H and O–H groups in total. The van der Waals surface area contributed by atoms with E-state index in [1.165, 1.54) is 25.5 Å². The maximum atomic E-state index is 11.9. The Balaban J connectivity index is 1.85. The second-order valence-electron chi connectivity index (χ2n) is 7.22. The number of carbonyl (C=O) groups is 2. The van der Waals surface area contributed by atoms with Crippen LogP contribution in [-0.4, -0.2) is 61.6 Å². The third kappa shape index (κ3) is 4.56. The summed E-state index contributed by atoms with van der Waals surface area (Å²) in [5, 5.41) is 10.9. The average molecular weight is 392 g/mol. The molecular formula is C20H28N2O6. The van der Waals surface area contributed by atoms with E-state index in [1.807, 2.05) is 6.07 Å². The highest BCUT2D eigenvalue weighted by Gasteiger charge is 2.36. The van der Waals surface area contributed by atoms with Gasteiger partial charge in [0.1, 0.15) is 6.54 Å². The van der Waals surface area contributed by atoms with Gasteiger partial charge in [-0.25, -0.2) is 4.79 Å². The summed E-state index contributed by atoms with van der Waals surface area (Å²) in [5.74, 6) is 0.196. The second-order valence-corrected chi connectivity index (χ2v) is 7.22. The van der Waals surface area contributed by atoms with Crippen LogP contribution in [0, 0.1) is 5.92 Å². The number of hydrogen-bond donors (Lipinski definition) is 2. The van der Waals surface area contributed by atoms with Gasteiger partial charge in [-0.1, -0.05) is 13.0 Å². The molecular weight excluding hydrogens is 364 g/mol. The SMILES string of the molecule is CCN1CCC[C@@H]2Cc3c(ccc(OC(=O)NCC(=O)O)c3OCOC)C[C@H]21. The Morgan fingerprint density at radius 2 is 2.14 bits per heavy atom. The van der Waals surface area contributed by atoms with E-state index < -0.39 is 18.6 Å². The Kier molecular flexibility index (Phi) is 6.74. The van der Waals surface area contributed by atoms with Gasteiger partial charge >= 0.3 is 12.1 Å². The first-order valence-electron chi connectivity index (χ1n) is 9.71. The van der Waals surface area contributed by atoms with E-state index in [1.54, 1.807) is 6.07 Å². The monoisotopic (exact) mass is 392 g/mol. The lowest BCUT2D eigenvalue weighted by atomic mass is 9.75. The minimum absolute atomic E-state index is 0.0404. The molecule has 0 spiro atoms. The summed E-state index contributed by atoms with van der Waals surface area (Å²) < 4.78 is 16.2. The molecule has 0 radical (unpaired) electrons. The van der Waals surface area contributed by atoms with Crippen LogP contribution in [-0.2, 0) is 22.4 Å². The molecule has 154 valence electrons. The fourth-order valence-electron chi connectivity index (χ4n) is 4.33. The number of amides is 1. The summed E-state index contributed by atoms with van der Waals surface area (Å²) in [7, 11) is 1.53. The molecule has 2 atom stereocenters. The predicted molar refractivity (Wildman–Crippen MR) is 102 cm³/mol. The van der Waals surface area contributed by atoms with E-state index in [0.717, 1.165) is 31.5 Å². The molecule has 1 fully saturated rings. The highest BCUT2D eigenvalue weighted by Crippen LogP contribution is 2.42. The molecule has 28 heavy (non-hydrogen) atoms. The van der Waals surface area contributed by atoms with E-state index in [4.69, 9.17) is 19.3 Å². The van der Waals surface area contributed by atoms with E-state index in [2.05, 4.69) is 17.1 Å². The molecule has 2 aliphatic rings. The van der Waals surface area contributed by atoms with E-state index in [0.29, 0.717) is 17.7 Å². The van der Waals surface area contributed by atoms with Gasteiger partial charge in [0.05, 0.1) is 0 Å². The minimum Gasteiger partial charge on any atom is -0.480 e. The van der Waals surface area contributed by atoms with E-state index in [-0.39, 0.29) is 12.5 Å². The van der Waals surface area contributed by atoms with Crippen molar-refractivity contribution in [2.45, 2.75) is 38.6 Å². The Morgan fingerprint density at radius 1 is 1.32 bits per heavy atom. The van der Waals surface area contributed by atoms with Crippen LogP contribution >= 0.6 is 0 Å². The molecule has 0 bridgehead atoms. The highest BCUT2D eigenvalue weighted by molar-refractivity contribution is 5.78. The number of ether oxygens (including phenoxy) is 3. The smallest absolute Gasteiger partial charge is 0.413 e. The fourth-order valence-corrected chi connectivity index (χ4v) is 4.33. The molecule has 1 aliphatic heterocycles.